The summed E-state index contributed by atoms with van der Waals surface area (Å²) in [7, 11) is 0. The predicted molar refractivity (Wildman–Crippen MR) is 182 cm³/mol. The summed E-state index contributed by atoms with van der Waals surface area (Å²) in [6, 6.07) is 26.4. The van der Waals surface area contributed by atoms with Crippen LogP contribution in [0.2, 0.25) is 0 Å². The van der Waals surface area contributed by atoms with E-state index in [0.717, 1.165) is 22.4 Å². The van der Waals surface area contributed by atoms with E-state index in [1.165, 1.54) is 6.08 Å². The lowest BCUT2D eigenvalue weighted by molar-refractivity contribution is -0.122. The second-order valence-electron chi connectivity index (χ2n) is 10.7. The summed E-state index contributed by atoms with van der Waals surface area (Å²) in [6.07, 6.45) is 2.24. The third-order valence-corrected chi connectivity index (χ3v) is 7.19. The van der Waals surface area contributed by atoms with Crippen LogP contribution in [0.3, 0.4) is 0 Å². The van der Waals surface area contributed by atoms with Crippen LogP contribution in [-0.2, 0) is 22.8 Å². The first-order valence-electron chi connectivity index (χ1n) is 15.9. The van der Waals surface area contributed by atoms with Gasteiger partial charge in [0, 0.05) is 6.07 Å². The fourth-order valence-electron chi connectivity index (χ4n) is 4.89. The van der Waals surface area contributed by atoms with Crippen molar-refractivity contribution in [3.63, 3.8) is 0 Å². The van der Waals surface area contributed by atoms with Crippen molar-refractivity contribution in [3.05, 3.63) is 113 Å². The smallest absolute Gasteiger partial charge is 0.335 e. The summed E-state index contributed by atoms with van der Waals surface area (Å²) in [5.41, 5.74) is 2.58. The molecule has 5 rings (SSSR count). The van der Waals surface area contributed by atoms with Gasteiger partial charge in [0.1, 0.15) is 24.5 Å². The number of anilines is 1. The third kappa shape index (κ3) is 8.33. The zero-order chi connectivity index (χ0) is 33.9. The number of nitrogens with zero attached hydrogens (tertiary/aromatic N) is 1. The quantitative estimate of drug-likeness (QED) is 0.107. The minimum absolute atomic E-state index is 0.189. The summed E-state index contributed by atoms with van der Waals surface area (Å²) < 4.78 is 29.2. The number of hydrogen-bond donors (Lipinski definition) is 1. The van der Waals surface area contributed by atoms with Crippen molar-refractivity contribution in [2.45, 2.75) is 40.4 Å². The summed E-state index contributed by atoms with van der Waals surface area (Å²) in [5, 5.41) is 2.26. The highest BCUT2D eigenvalue weighted by molar-refractivity contribution is 6.39. The number of ether oxygens (including phenoxy) is 5. The zero-order valence-corrected chi connectivity index (χ0v) is 27.2. The molecule has 1 N–H and O–H groups in total. The van der Waals surface area contributed by atoms with Gasteiger partial charge in [0.05, 0.1) is 25.5 Å². The van der Waals surface area contributed by atoms with Crippen LogP contribution in [-0.4, -0.2) is 37.7 Å². The normalized spacial score (nSPS) is 13.7. The van der Waals surface area contributed by atoms with Gasteiger partial charge in [0.15, 0.2) is 23.0 Å². The van der Waals surface area contributed by atoms with Crippen molar-refractivity contribution in [1.29, 1.82) is 0 Å². The third-order valence-electron chi connectivity index (χ3n) is 7.19. The number of urea groups is 1. The van der Waals surface area contributed by atoms with Crippen LogP contribution in [0.15, 0.2) is 96.6 Å². The van der Waals surface area contributed by atoms with Crippen molar-refractivity contribution >= 4 is 29.6 Å². The number of imide groups is 2. The molecule has 10 nitrogen and oxygen atoms in total. The summed E-state index contributed by atoms with van der Waals surface area (Å²) in [4.78, 5) is 39.9. The van der Waals surface area contributed by atoms with Gasteiger partial charge in [-0.1, -0.05) is 55.5 Å². The SMILES string of the molecule is CCCOc1ccc(N2C(=O)NC(=O)/C(=C\c3ccc(OCc4ccc(OCc5ccccc5)c(OCC)c4)cc3)C2=O)cc1OCC. The average molecular weight is 651 g/mol. The molecule has 0 saturated carbocycles. The first-order valence-corrected chi connectivity index (χ1v) is 15.9. The van der Waals surface area contributed by atoms with Crippen molar-refractivity contribution in [1.82, 2.24) is 5.32 Å². The lowest BCUT2D eigenvalue weighted by Crippen LogP contribution is -2.54. The molecule has 0 unspecified atom stereocenters. The molecule has 1 fully saturated rings. The van der Waals surface area contributed by atoms with Crippen LogP contribution in [0.25, 0.3) is 6.08 Å². The topological polar surface area (TPSA) is 113 Å². The molecular weight excluding hydrogens is 612 g/mol. The van der Waals surface area contributed by atoms with Crippen molar-refractivity contribution in [2.24, 2.45) is 0 Å². The van der Waals surface area contributed by atoms with Gasteiger partial charge in [-0.2, -0.15) is 0 Å². The van der Waals surface area contributed by atoms with E-state index < -0.39 is 17.8 Å². The Morgan fingerprint density at radius 2 is 1.31 bits per heavy atom. The number of carbonyl (C=O) groups excluding carboxylic acids is 3. The molecule has 4 amide bonds. The van der Waals surface area contributed by atoms with E-state index in [-0.39, 0.29) is 17.9 Å². The lowest BCUT2D eigenvalue weighted by Gasteiger charge is -2.27. The molecule has 1 saturated heterocycles. The molecule has 1 aliphatic heterocycles. The maximum Gasteiger partial charge on any atom is 0.335 e. The van der Waals surface area contributed by atoms with E-state index in [2.05, 4.69) is 5.32 Å². The fourth-order valence-corrected chi connectivity index (χ4v) is 4.89. The Bertz CT molecular complexity index is 1770. The monoisotopic (exact) mass is 650 g/mol. The highest BCUT2D eigenvalue weighted by atomic mass is 16.5. The number of amides is 4. The van der Waals surface area contributed by atoms with E-state index in [4.69, 9.17) is 23.7 Å². The lowest BCUT2D eigenvalue weighted by atomic mass is 10.1. The molecule has 1 aliphatic rings. The molecule has 4 aromatic rings. The Kier molecular flexibility index (Phi) is 11.3. The van der Waals surface area contributed by atoms with Gasteiger partial charge in [-0.25, -0.2) is 9.69 Å². The Morgan fingerprint density at radius 3 is 2.02 bits per heavy atom. The van der Waals surface area contributed by atoms with Gasteiger partial charge in [0.25, 0.3) is 11.8 Å². The minimum Gasteiger partial charge on any atom is -0.490 e. The van der Waals surface area contributed by atoms with E-state index in [1.54, 1.807) is 42.5 Å². The van der Waals surface area contributed by atoms with Crippen LogP contribution in [0, 0.1) is 0 Å². The van der Waals surface area contributed by atoms with E-state index in [1.807, 2.05) is 69.3 Å². The number of nitrogens with one attached hydrogen (secondary N) is 1. The predicted octanol–water partition coefficient (Wildman–Crippen LogP) is 7.10. The van der Waals surface area contributed by atoms with Crippen LogP contribution < -0.4 is 33.9 Å². The standard InChI is InChI=1S/C38H38N2O8/c1-4-20-46-32-19-15-29(23-35(32)45-6-3)40-37(42)31(36(41)39-38(40)43)21-26-12-16-30(17-13-26)47-25-28-14-18-33(34(22-28)44-5-2)48-24-27-10-8-7-9-11-27/h7-19,21-23H,4-6,20,24-25H2,1-3H3,(H,39,41,43)/b31-21+. The van der Waals surface area contributed by atoms with Crippen LogP contribution in [0.4, 0.5) is 10.5 Å². The van der Waals surface area contributed by atoms with Gasteiger partial charge < -0.3 is 23.7 Å². The Hall–Kier alpha value is -5.77. The molecule has 0 bridgehead atoms. The second-order valence-corrected chi connectivity index (χ2v) is 10.7. The fraction of sp³-hybridized carbons (Fsp3) is 0.237. The largest absolute Gasteiger partial charge is 0.490 e. The van der Waals surface area contributed by atoms with Crippen LogP contribution in [0.1, 0.15) is 43.9 Å². The number of rotatable bonds is 15. The highest BCUT2D eigenvalue weighted by Crippen LogP contribution is 2.34. The number of carbonyl (C=O) groups is 3. The first-order chi connectivity index (χ1) is 23.4. The molecule has 0 aromatic heterocycles. The molecule has 248 valence electrons. The van der Waals surface area contributed by atoms with Crippen LogP contribution in [0.5, 0.6) is 28.7 Å². The Labute approximate surface area is 279 Å². The molecular formula is C38H38N2O8. The van der Waals surface area contributed by atoms with Gasteiger partial charge in [-0.3, -0.25) is 14.9 Å². The second kappa shape index (κ2) is 16.2. The summed E-state index contributed by atoms with van der Waals surface area (Å²) >= 11 is 0. The molecule has 0 atom stereocenters. The van der Waals surface area contributed by atoms with Gasteiger partial charge in [-0.05, 0) is 79.4 Å². The Balaban J connectivity index is 1.26. The van der Waals surface area contributed by atoms with Gasteiger partial charge in [-0.15, -0.1) is 0 Å². The van der Waals surface area contributed by atoms with Gasteiger partial charge >= 0.3 is 6.03 Å². The number of barbiturate groups is 1. The molecule has 4 aromatic carbocycles. The van der Waals surface area contributed by atoms with Crippen molar-refractivity contribution < 1.29 is 38.1 Å². The van der Waals surface area contributed by atoms with E-state index in [0.29, 0.717) is 60.7 Å². The molecule has 10 heteroatoms. The highest BCUT2D eigenvalue weighted by Gasteiger charge is 2.37. The van der Waals surface area contributed by atoms with E-state index >= 15 is 0 Å². The van der Waals surface area contributed by atoms with Crippen molar-refractivity contribution in [2.75, 3.05) is 24.7 Å². The van der Waals surface area contributed by atoms with Crippen LogP contribution >= 0.6 is 0 Å². The molecule has 0 spiro atoms. The molecule has 0 radical (unpaired) electrons. The Morgan fingerprint density at radius 1 is 0.646 bits per heavy atom. The maximum atomic E-state index is 13.5. The maximum absolute atomic E-state index is 13.5. The average Bonchev–Trinajstić information content (AvgIpc) is 3.09. The molecule has 1 heterocycles. The van der Waals surface area contributed by atoms with Gasteiger partial charge in [0.2, 0.25) is 0 Å². The minimum atomic E-state index is -0.848. The summed E-state index contributed by atoms with van der Waals surface area (Å²) in [6.45, 7) is 7.77. The zero-order valence-electron chi connectivity index (χ0n) is 27.2. The van der Waals surface area contributed by atoms with E-state index in [9.17, 15) is 14.4 Å². The molecule has 48 heavy (non-hydrogen) atoms. The first kappa shape index (κ1) is 33.6. The summed E-state index contributed by atoms with van der Waals surface area (Å²) in [5.74, 6) is 1.23. The number of benzene rings is 4. The van der Waals surface area contributed by atoms with Crippen molar-refractivity contribution in [3.8, 4) is 28.7 Å². The molecule has 0 aliphatic carbocycles. The number of hydrogen-bond acceptors (Lipinski definition) is 8.